The van der Waals surface area contributed by atoms with Crippen molar-refractivity contribution < 1.29 is 4.79 Å². The summed E-state index contributed by atoms with van der Waals surface area (Å²) in [6.45, 7) is 2.17. The molecule has 0 radical (unpaired) electrons. The molecule has 150 valence electrons. The maximum atomic E-state index is 12.5. The number of anilines is 1. The molecular formula is C21H28N4OS2. The molecule has 5 nitrogen and oxygen atoms in total. The molecule has 0 aliphatic heterocycles. The summed E-state index contributed by atoms with van der Waals surface area (Å²) in [6.07, 6.45) is 10.1. The van der Waals surface area contributed by atoms with Gasteiger partial charge in [0.1, 0.15) is 10.6 Å². The zero-order valence-corrected chi connectivity index (χ0v) is 18.0. The van der Waals surface area contributed by atoms with Crippen molar-refractivity contribution in [2.75, 3.05) is 11.5 Å². The highest BCUT2D eigenvalue weighted by molar-refractivity contribution is 7.99. The molecule has 28 heavy (non-hydrogen) atoms. The number of nitrogens with zero attached hydrogens (tertiary/aromatic N) is 2. The van der Waals surface area contributed by atoms with Gasteiger partial charge in [-0.2, -0.15) is 0 Å². The summed E-state index contributed by atoms with van der Waals surface area (Å²) in [5, 5.41) is 4.90. The number of thioether (sulfide) groups is 1. The zero-order chi connectivity index (χ0) is 19.3. The van der Waals surface area contributed by atoms with Gasteiger partial charge >= 0.3 is 0 Å². The third-order valence-electron chi connectivity index (χ3n) is 6.98. The van der Waals surface area contributed by atoms with Crippen molar-refractivity contribution in [1.82, 2.24) is 15.3 Å². The van der Waals surface area contributed by atoms with Crippen LogP contribution in [0.1, 0.15) is 55.9 Å². The number of carbonyl (C=O) groups is 1. The van der Waals surface area contributed by atoms with Gasteiger partial charge in [0, 0.05) is 10.9 Å². The minimum Gasteiger partial charge on any atom is -0.383 e. The fourth-order valence-corrected chi connectivity index (χ4v) is 7.66. The Kier molecular flexibility index (Phi) is 4.99. The Balaban J connectivity index is 1.22. The summed E-state index contributed by atoms with van der Waals surface area (Å²) in [7, 11) is 0. The molecule has 3 aliphatic carbocycles. The van der Waals surface area contributed by atoms with Crippen LogP contribution in [0.4, 0.5) is 5.82 Å². The van der Waals surface area contributed by atoms with Crippen molar-refractivity contribution in [1.29, 1.82) is 0 Å². The molecule has 4 atom stereocenters. The molecule has 0 spiro atoms. The number of carbonyl (C=O) groups excluding carboxylic acids is 1. The predicted octanol–water partition coefficient (Wildman–Crippen LogP) is 4.19. The number of aryl methyl sites for hydroxylation is 2. The molecule has 2 saturated carbocycles. The Morgan fingerprint density at radius 2 is 2.14 bits per heavy atom. The highest BCUT2D eigenvalue weighted by Gasteiger charge is 2.42. The summed E-state index contributed by atoms with van der Waals surface area (Å²) < 4.78 is 0. The average molecular weight is 417 g/mol. The maximum Gasteiger partial charge on any atom is 0.230 e. The van der Waals surface area contributed by atoms with Gasteiger partial charge in [-0.15, -0.1) is 11.3 Å². The van der Waals surface area contributed by atoms with Crippen LogP contribution in [-0.2, 0) is 17.6 Å². The topological polar surface area (TPSA) is 80.9 Å². The van der Waals surface area contributed by atoms with E-state index >= 15 is 0 Å². The summed E-state index contributed by atoms with van der Waals surface area (Å²) in [6, 6.07) is 0.265. The van der Waals surface area contributed by atoms with Crippen LogP contribution in [0.15, 0.2) is 5.16 Å². The third kappa shape index (κ3) is 3.41. The Morgan fingerprint density at radius 1 is 1.29 bits per heavy atom. The van der Waals surface area contributed by atoms with E-state index in [-0.39, 0.29) is 11.9 Å². The van der Waals surface area contributed by atoms with E-state index in [0.29, 0.717) is 22.6 Å². The highest BCUT2D eigenvalue weighted by Crippen LogP contribution is 2.49. The lowest BCUT2D eigenvalue weighted by molar-refractivity contribution is -0.119. The van der Waals surface area contributed by atoms with E-state index in [9.17, 15) is 4.79 Å². The van der Waals surface area contributed by atoms with Gasteiger partial charge in [0.25, 0.3) is 0 Å². The molecular weight excluding hydrogens is 388 g/mol. The van der Waals surface area contributed by atoms with Crippen LogP contribution in [0.5, 0.6) is 0 Å². The van der Waals surface area contributed by atoms with Crippen molar-refractivity contribution in [3.8, 4) is 0 Å². The number of nitrogen functional groups attached to an aromatic ring is 1. The normalized spacial score (nSPS) is 27.1. The summed E-state index contributed by atoms with van der Waals surface area (Å²) in [5.74, 6) is 3.39. The second-order valence-electron chi connectivity index (χ2n) is 8.77. The van der Waals surface area contributed by atoms with Crippen LogP contribution in [0.2, 0.25) is 0 Å². The number of amides is 1. The van der Waals surface area contributed by atoms with E-state index in [4.69, 9.17) is 10.7 Å². The van der Waals surface area contributed by atoms with E-state index in [2.05, 4.69) is 17.2 Å². The standard InChI is InChI=1S/C21H28N4OS2/c1-11(15-9-12-6-7-13(15)8-12)23-17(26)10-27-21-24-19(22)18-14-4-2-3-5-16(14)28-20(18)25-21/h11-13,15H,2-10H2,1H3,(H,23,26)(H2,22,24,25). The first-order valence-corrected chi connectivity index (χ1v) is 12.4. The summed E-state index contributed by atoms with van der Waals surface area (Å²) in [4.78, 5) is 24.1. The van der Waals surface area contributed by atoms with Crippen LogP contribution < -0.4 is 11.1 Å². The van der Waals surface area contributed by atoms with Crippen molar-refractivity contribution in [3.05, 3.63) is 10.4 Å². The summed E-state index contributed by atoms with van der Waals surface area (Å²) >= 11 is 3.15. The minimum atomic E-state index is 0.0769. The van der Waals surface area contributed by atoms with Gasteiger partial charge < -0.3 is 11.1 Å². The van der Waals surface area contributed by atoms with Gasteiger partial charge in [-0.3, -0.25) is 4.79 Å². The molecule has 1 amide bonds. The molecule has 5 rings (SSSR count). The minimum absolute atomic E-state index is 0.0769. The Bertz CT molecular complexity index is 911. The SMILES string of the molecule is CC(NC(=O)CSc1nc(N)c2c3c(sc2n1)CCCC3)C1CC2CCC1C2. The second-order valence-corrected chi connectivity index (χ2v) is 10.8. The van der Waals surface area contributed by atoms with Crippen LogP contribution in [0.25, 0.3) is 10.2 Å². The van der Waals surface area contributed by atoms with Gasteiger partial charge in [0.05, 0.1) is 11.1 Å². The third-order valence-corrected chi connectivity index (χ3v) is 9.01. The molecule has 2 aromatic heterocycles. The van der Waals surface area contributed by atoms with E-state index in [1.807, 2.05) is 0 Å². The molecule has 7 heteroatoms. The van der Waals surface area contributed by atoms with Crippen LogP contribution in [0, 0.1) is 17.8 Å². The second kappa shape index (κ2) is 7.48. The zero-order valence-electron chi connectivity index (χ0n) is 16.4. The molecule has 2 bridgehead atoms. The lowest BCUT2D eigenvalue weighted by atomic mass is 9.84. The van der Waals surface area contributed by atoms with Crippen LogP contribution in [-0.4, -0.2) is 27.7 Å². The number of nitrogens with two attached hydrogens (primary N) is 1. The van der Waals surface area contributed by atoms with E-state index < -0.39 is 0 Å². The average Bonchev–Trinajstić information content (AvgIpc) is 3.39. The van der Waals surface area contributed by atoms with Gasteiger partial charge in [-0.1, -0.05) is 18.2 Å². The Morgan fingerprint density at radius 3 is 2.93 bits per heavy atom. The molecule has 0 saturated heterocycles. The number of aromatic nitrogens is 2. The Hall–Kier alpha value is -1.34. The number of fused-ring (bicyclic) bond motifs is 5. The van der Waals surface area contributed by atoms with E-state index in [1.165, 1.54) is 60.7 Å². The number of rotatable bonds is 5. The van der Waals surface area contributed by atoms with Crippen molar-refractivity contribution in [2.45, 2.75) is 69.5 Å². The van der Waals surface area contributed by atoms with E-state index in [0.717, 1.165) is 34.9 Å². The number of hydrogen-bond donors (Lipinski definition) is 2. The van der Waals surface area contributed by atoms with Crippen LogP contribution >= 0.6 is 23.1 Å². The number of thiophene rings is 1. The van der Waals surface area contributed by atoms with Crippen molar-refractivity contribution in [2.24, 2.45) is 17.8 Å². The summed E-state index contributed by atoms with van der Waals surface area (Å²) in [5.41, 5.74) is 7.63. The molecule has 2 aromatic rings. The molecule has 2 heterocycles. The maximum absolute atomic E-state index is 12.5. The number of nitrogens with one attached hydrogen (secondary N) is 1. The predicted molar refractivity (Wildman–Crippen MR) is 116 cm³/mol. The van der Waals surface area contributed by atoms with E-state index in [1.54, 1.807) is 11.3 Å². The monoisotopic (exact) mass is 416 g/mol. The van der Waals surface area contributed by atoms with Gasteiger partial charge in [0.15, 0.2) is 5.16 Å². The fourth-order valence-electron chi connectivity index (χ4n) is 5.67. The quantitative estimate of drug-likeness (QED) is 0.564. The number of hydrogen-bond acceptors (Lipinski definition) is 6. The van der Waals surface area contributed by atoms with Crippen LogP contribution in [0.3, 0.4) is 0 Å². The smallest absolute Gasteiger partial charge is 0.230 e. The first-order chi connectivity index (χ1) is 13.6. The lowest BCUT2D eigenvalue weighted by Crippen LogP contribution is -2.40. The lowest BCUT2D eigenvalue weighted by Gasteiger charge is -2.28. The van der Waals surface area contributed by atoms with Crippen molar-refractivity contribution in [3.63, 3.8) is 0 Å². The molecule has 2 fully saturated rings. The first-order valence-electron chi connectivity index (χ1n) is 10.6. The fraction of sp³-hybridized carbons (Fsp3) is 0.667. The molecule has 3 N–H and O–H groups in total. The highest BCUT2D eigenvalue weighted by atomic mass is 32.2. The molecule has 3 aliphatic rings. The molecule has 0 aromatic carbocycles. The molecule has 4 unspecified atom stereocenters. The van der Waals surface area contributed by atoms with Gasteiger partial charge in [-0.05, 0) is 75.2 Å². The first kappa shape index (κ1) is 18.7. The largest absolute Gasteiger partial charge is 0.383 e. The van der Waals surface area contributed by atoms with Gasteiger partial charge in [0.2, 0.25) is 5.91 Å². The Labute approximate surface area is 174 Å². The van der Waals surface area contributed by atoms with Gasteiger partial charge in [-0.25, -0.2) is 9.97 Å². The van der Waals surface area contributed by atoms with Crippen molar-refractivity contribution >= 4 is 45.0 Å².